The lowest BCUT2D eigenvalue weighted by atomic mass is 10.1. The predicted octanol–water partition coefficient (Wildman–Crippen LogP) is 0.785. The molecular formula is C14H14N2O3. The van der Waals surface area contributed by atoms with E-state index < -0.39 is 6.03 Å². The number of aliphatic hydroxyl groups excluding tert-OH is 1. The zero-order valence-corrected chi connectivity index (χ0v) is 10.6. The largest absolute Gasteiger partial charge is 0.384 e. The molecule has 0 aromatic heterocycles. The number of anilines is 1. The summed E-state index contributed by atoms with van der Waals surface area (Å²) >= 11 is 0. The molecule has 0 bridgehead atoms. The normalized spacial score (nSPS) is 14.7. The molecule has 1 aliphatic heterocycles. The van der Waals surface area contributed by atoms with E-state index in [0.29, 0.717) is 6.54 Å². The van der Waals surface area contributed by atoms with Crippen LogP contribution in [0.15, 0.2) is 18.2 Å². The Labute approximate surface area is 111 Å². The molecule has 0 aliphatic carbocycles. The average molecular weight is 258 g/mol. The van der Waals surface area contributed by atoms with E-state index in [-0.39, 0.29) is 18.9 Å². The molecule has 2 rings (SSSR count). The Morgan fingerprint density at radius 1 is 1.42 bits per heavy atom. The zero-order chi connectivity index (χ0) is 13.8. The number of nitrogens with one attached hydrogen (secondary N) is 1. The number of benzene rings is 1. The molecule has 1 heterocycles. The molecule has 1 saturated heterocycles. The van der Waals surface area contributed by atoms with Gasteiger partial charge in [-0.3, -0.25) is 15.0 Å². The van der Waals surface area contributed by atoms with Crippen molar-refractivity contribution in [2.45, 2.75) is 13.3 Å². The van der Waals surface area contributed by atoms with Crippen LogP contribution in [0.4, 0.5) is 10.5 Å². The van der Waals surface area contributed by atoms with Crippen molar-refractivity contribution >= 4 is 17.6 Å². The number of imide groups is 1. The van der Waals surface area contributed by atoms with Gasteiger partial charge in [0, 0.05) is 24.2 Å². The van der Waals surface area contributed by atoms with E-state index in [2.05, 4.69) is 17.2 Å². The van der Waals surface area contributed by atoms with E-state index in [1.807, 2.05) is 19.1 Å². The van der Waals surface area contributed by atoms with Crippen LogP contribution >= 0.6 is 0 Å². The first kappa shape index (κ1) is 13.1. The fraction of sp³-hybridized carbons (Fsp3) is 0.286. The Morgan fingerprint density at radius 3 is 2.89 bits per heavy atom. The topological polar surface area (TPSA) is 69.6 Å². The van der Waals surface area contributed by atoms with Crippen LogP contribution in [0, 0.1) is 18.8 Å². The smallest absolute Gasteiger partial charge is 0.328 e. The van der Waals surface area contributed by atoms with Crippen LogP contribution in [0.25, 0.3) is 0 Å². The molecule has 1 aromatic rings. The van der Waals surface area contributed by atoms with Crippen molar-refractivity contribution in [2.24, 2.45) is 0 Å². The molecule has 0 radical (unpaired) electrons. The van der Waals surface area contributed by atoms with Gasteiger partial charge in [0.25, 0.3) is 0 Å². The van der Waals surface area contributed by atoms with Crippen LogP contribution in [-0.4, -0.2) is 30.2 Å². The summed E-state index contributed by atoms with van der Waals surface area (Å²) in [4.78, 5) is 24.5. The van der Waals surface area contributed by atoms with E-state index in [1.54, 1.807) is 6.07 Å². The summed E-state index contributed by atoms with van der Waals surface area (Å²) < 4.78 is 0. The SMILES string of the molecule is Cc1c(C#CCO)cccc1N1CCC(=O)NC1=O. The highest BCUT2D eigenvalue weighted by atomic mass is 16.2. The highest BCUT2D eigenvalue weighted by Gasteiger charge is 2.25. The molecule has 1 fully saturated rings. The monoisotopic (exact) mass is 258 g/mol. The number of hydrogen-bond acceptors (Lipinski definition) is 3. The van der Waals surface area contributed by atoms with Crippen molar-refractivity contribution in [3.8, 4) is 11.8 Å². The lowest BCUT2D eigenvalue weighted by Gasteiger charge is -2.28. The number of urea groups is 1. The van der Waals surface area contributed by atoms with Gasteiger partial charge in [-0.05, 0) is 24.6 Å². The Hall–Kier alpha value is -2.32. The van der Waals surface area contributed by atoms with E-state index in [4.69, 9.17) is 5.11 Å². The maximum absolute atomic E-state index is 11.8. The number of amides is 3. The average Bonchev–Trinajstić information content (AvgIpc) is 2.38. The molecule has 1 aromatic carbocycles. The van der Waals surface area contributed by atoms with Gasteiger partial charge in [0.05, 0.1) is 0 Å². The highest BCUT2D eigenvalue weighted by Crippen LogP contribution is 2.24. The van der Waals surface area contributed by atoms with Crippen molar-refractivity contribution in [2.75, 3.05) is 18.1 Å². The van der Waals surface area contributed by atoms with E-state index in [9.17, 15) is 9.59 Å². The molecule has 5 heteroatoms. The maximum Gasteiger partial charge on any atom is 0.328 e. The first-order valence-corrected chi connectivity index (χ1v) is 5.94. The van der Waals surface area contributed by atoms with Gasteiger partial charge in [-0.2, -0.15) is 0 Å². The zero-order valence-electron chi connectivity index (χ0n) is 10.6. The summed E-state index contributed by atoms with van der Waals surface area (Å²) in [5.74, 6) is 5.17. The Kier molecular flexibility index (Phi) is 3.83. The second-order valence-electron chi connectivity index (χ2n) is 4.16. The molecule has 3 amide bonds. The molecule has 0 saturated carbocycles. The number of hydrogen-bond donors (Lipinski definition) is 2. The van der Waals surface area contributed by atoms with Crippen molar-refractivity contribution in [1.29, 1.82) is 0 Å². The van der Waals surface area contributed by atoms with Gasteiger partial charge in [0.15, 0.2) is 0 Å². The standard InChI is InChI=1S/C14H14N2O3/c1-10-11(5-3-9-17)4-2-6-12(10)16-8-7-13(18)15-14(16)19/h2,4,6,17H,7-9H2,1H3,(H,15,18,19). The lowest BCUT2D eigenvalue weighted by Crippen LogP contribution is -2.49. The van der Waals surface area contributed by atoms with Gasteiger partial charge < -0.3 is 5.11 Å². The van der Waals surface area contributed by atoms with Crippen LogP contribution in [0.1, 0.15) is 17.5 Å². The molecule has 0 unspecified atom stereocenters. The Bertz CT molecular complexity index is 584. The summed E-state index contributed by atoms with van der Waals surface area (Å²) in [6.45, 7) is 2.02. The lowest BCUT2D eigenvalue weighted by molar-refractivity contribution is -0.120. The van der Waals surface area contributed by atoms with Gasteiger partial charge in [0.2, 0.25) is 5.91 Å². The van der Waals surface area contributed by atoms with E-state index >= 15 is 0 Å². The van der Waals surface area contributed by atoms with Crippen LogP contribution < -0.4 is 10.2 Å². The van der Waals surface area contributed by atoms with Gasteiger partial charge in [0.1, 0.15) is 6.61 Å². The fourth-order valence-corrected chi connectivity index (χ4v) is 1.98. The minimum atomic E-state index is -0.411. The highest BCUT2D eigenvalue weighted by molar-refractivity contribution is 6.06. The number of rotatable bonds is 1. The first-order valence-electron chi connectivity index (χ1n) is 5.94. The summed E-state index contributed by atoms with van der Waals surface area (Å²) in [7, 11) is 0. The van der Waals surface area contributed by atoms with Crippen molar-refractivity contribution in [3.63, 3.8) is 0 Å². The Morgan fingerprint density at radius 2 is 2.21 bits per heavy atom. The number of carbonyl (C=O) groups excluding carboxylic acids is 2. The summed E-state index contributed by atoms with van der Waals surface area (Å²) in [5, 5.41) is 11.0. The minimum absolute atomic E-state index is 0.206. The van der Waals surface area contributed by atoms with E-state index in [1.165, 1.54) is 4.90 Å². The quantitative estimate of drug-likeness (QED) is 0.731. The molecule has 0 spiro atoms. The third-order valence-electron chi connectivity index (χ3n) is 2.95. The summed E-state index contributed by atoms with van der Waals surface area (Å²) in [6.07, 6.45) is 0.289. The number of carbonyl (C=O) groups is 2. The third kappa shape index (κ3) is 2.75. The van der Waals surface area contributed by atoms with Crippen LogP contribution in [0.3, 0.4) is 0 Å². The molecule has 0 atom stereocenters. The fourth-order valence-electron chi connectivity index (χ4n) is 1.98. The number of nitrogens with zero attached hydrogens (tertiary/aromatic N) is 1. The molecule has 1 aliphatic rings. The maximum atomic E-state index is 11.8. The van der Waals surface area contributed by atoms with Crippen molar-refractivity contribution in [3.05, 3.63) is 29.3 Å². The van der Waals surface area contributed by atoms with Crippen LogP contribution in [-0.2, 0) is 4.79 Å². The molecule has 5 nitrogen and oxygen atoms in total. The first-order chi connectivity index (χ1) is 9.13. The Balaban J connectivity index is 2.35. The molecule has 19 heavy (non-hydrogen) atoms. The number of aliphatic hydroxyl groups is 1. The third-order valence-corrected chi connectivity index (χ3v) is 2.95. The van der Waals surface area contributed by atoms with E-state index in [0.717, 1.165) is 16.8 Å². The molecule has 2 N–H and O–H groups in total. The summed E-state index contributed by atoms with van der Waals surface area (Å²) in [6, 6.07) is 5.03. The minimum Gasteiger partial charge on any atom is -0.384 e. The second kappa shape index (κ2) is 5.55. The van der Waals surface area contributed by atoms with Gasteiger partial charge >= 0.3 is 6.03 Å². The van der Waals surface area contributed by atoms with Gasteiger partial charge in [-0.25, -0.2) is 4.79 Å². The van der Waals surface area contributed by atoms with Crippen molar-refractivity contribution in [1.82, 2.24) is 5.32 Å². The summed E-state index contributed by atoms with van der Waals surface area (Å²) in [5.41, 5.74) is 2.35. The molecular weight excluding hydrogens is 244 g/mol. The van der Waals surface area contributed by atoms with Crippen LogP contribution in [0.5, 0.6) is 0 Å². The predicted molar refractivity (Wildman–Crippen MR) is 70.6 cm³/mol. The van der Waals surface area contributed by atoms with Crippen LogP contribution in [0.2, 0.25) is 0 Å². The van der Waals surface area contributed by atoms with Gasteiger partial charge in [-0.15, -0.1) is 0 Å². The molecule has 98 valence electrons. The second-order valence-corrected chi connectivity index (χ2v) is 4.16. The van der Waals surface area contributed by atoms with Crippen molar-refractivity contribution < 1.29 is 14.7 Å². The van der Waals surface area contributed by atoms with Gasteiger partial charge in [-0.1, -0.05) is 17.9 Å².